The molecule has 106 valence electrons. The van der Waals surface area contributed by atoms with Crippen LogP contribution in [0.5, 0.6) is 5.75 Å². The fourth-order valence-electron chi connectivity index (χ4n) is 1.78. The standard InChI is InChI=1S/C15H21N3OSi/c1-12-6-7-14(15(8-12)19-20(3,4)5)16-9-13-10-18(2)11-17-13/h6-11H,1-5H3/b16-9+. The van der Waals surface area contributed by atoms with E-state index in [1.165, 1.54) is 5.56 Å². The lowest BCUT2D eigenvalue weighted by Gasteiger charge is -2.20. The first-order valence-electron chi connectivity index (χ1n) is 6.65. The molecule has 0 saturated heterocycles. The van der Waals surface area contributed by atoms with Crippen LogP contribution in [0.3, 0.4) is 0 Å². The van der Waals surface area contributed by atoms with Crippen LogP contribution in [0.2, 0.25) is 19.6 Å². The first-order valence-corrected chi connectivity index (χ1v) is 10.1. The van der Waals surface area contributed by atoms with Crippen LogP contribution < -0.4 is 4.43 Å². The van der Waals surface area contributed by atoms with Gasteiger partial charge in [-0.15, -0.1) is 0 Å². The molecule has 0 saturated carbocycles. The van der Waals surface area contributed by atoms with Crippen LogP contribution in [0.25, 0.3) is 0 Å². The topological polar surface area (TPSA) is 39.4 Å². The summed E-state index contributed by atoms with van der Waals surface area (Å²) in [5.74, 6) is 0.858. The second kappa shape index (κ2) is 5.62. The average Bonchev–Trinajstić information content (AvgIpc) is 2.72. The van der Waals surface area contributed by atoms with Crippen LogP contribution in [0, 0.1) is 6.92 Å². The number of imidazole rings is 1. The van der Waals surface area contributed by atoms with Crippen molar-refractivity contribution >= 4 is 20.2 Å². The zero-order valence-electron chi connectivity index (χ0n) is 12.7. The Labute approximate surface area is 121 Å². The van der Waals surface area contributed by atoms with Crippen LogP contribution in [-0.2, 0) is 7.05 Å². The second-order valence-corrected chi connectivity index (χ2v) is 10.3. The van der Waals surface area contributed by atoms with Crippen LogP contribution in [0.15, 0.2) is 35.7 Å². The summed E-state index contributed by atoms with van der Waals surface area (Å²) in [7, 11) is 0.290. The molecule has 0 atom stereocenters. The first-order chi connectivity index (χ1) is 9.33. The minimum absolute atomic E-state index is 0.840. The average molecular weight is 287 g/mol. The molecule has 0 aliphatic rings. The van der Waals surface area contributed by atoms with Gasteiger partial charge in [0, 0.05) is 13.2 Å². The first kappa shape index (κ1) is 14.5. The van der Waals surface area contributed by atoms with E-state index in [9.17, 15) is 0 Å². The summed E-state index contributed by atoms with van der Waals surface area (Å²) in [4.78, 5) is 8.75. The van der Waals surface area contributed by atoms with E-state index in [-0.39, 0.29) is 0 Å². The lowest BCUT2D eigenvalue weighted by Crippen LogP contribution is -2.29. The van der Waals surface area contributed by atoms with E-state index in [1.807, 2.05) is 36.0 Å². The summed E-state index contributed by atoms with van der Waals surface area (Å²) in [6, 6.07) is 6.08. The molecule has 2 rings (SSSR count). The zero-order chi connectivity index (χ0) is 14.8. The summed E-state index contributed by atoms with van der Waals surface area (Å²) in [5, 5.41) is 0. The third-order valence-corrected chi connectivity index (χ3v) is 3.42. The highest BCUT2D eigenvalue weighted by Gasteiger charge is 2.18. The predicted molar refractivity (Wildman–Crippen MR) is 85.6 cm³/mol. The number of aromatic nitrogens is 2. The van der Waals surface area contributed by atoms with Gasteiger partial charge in [-0.05, 0) is 44.3 Å². The van der Waals surface area contributed by atoms with Crippen molar-refractivity contribution in [2.75, 3.05) is 0 Å². The summed E-state index contributed by atoms with van der Waals surface area (Å²) in [6.07, 6.45) is 5.45. The summed E-state index contributed by atoms with van der Waals surface area (Å²) >= 11 is 0. The van der Waals surface area contributed by atoms with E-state index in [4.69, 9.17) is 4.43 Å². The molecular weight excluding hydrogens is 266 g/mol. The Bertz CT molecular complexity index is 626. The van der Waals surface area contributed by atoms with E-state index in [2.05, 4.69) is 36.5 Å². The van der Waals surface area contributed by atoms with Crippen molar-refractivity contribution in [2.24, 2.45) is 12.0 Å². The minimum Gasteiger partial charge on any atom is -0.543 e. The Balaban J connectivity index is 2.29. The molecule has 1 aromatic carbocycles. The molecule has 4 nitrogen and oxygen atoms in total. The molecule has 0 N–H and O–H groups in total. The fourth-order valence-corrected chi connectivity index (χ4v) is 2.60. The molecule has 0 fully saturated rings. The van der Waals surface area contributed by atoms with Gasteiger partial charge in [0.15, 0.2) is 0 Å². The smallest absolute Gasteiger partial charge is 0.242 e. The van der Waals surface area contributed by atoms with Crippen LogP contribution >= 0.6 is 0 Å². The minimum atomic E-state index is -1.65. The normalized spacial score (nSPS) is 12.1. The van der Waals surface area contributed by atoms with Crippen molar-refractivity contribution in [1.29, 1.82) is 0 Å². The Hall–Kier alpha value is -1.88. The van der Waals surface area contributed by atoms with Gasteiger partial charge in [0.1, 0.15) is 11.4 Å². The SMILES string of the molecule is Cc1ccc(/N=C/c2cn(C)cn2)c(O[Si](C)(C)C)c1. The predicted octanol–water partition coefficient (Wildman–Crippen LogP) is 3.69. The van der Waals surface area contributed by atoms with Crippen molar-refractivity contribution in [3.63, 3.8) is 0 Å². The summed E-state index contributed by atoms with van der Waals surface area (Å²) < 4.78 is 8.01. The van der Waals surface area contributed by atoms with Gasteiger partial charge in [-0.3, -0.25) is 4.99 Å². The van der Waals surface area contributed by atoms with Crippen molar-refractivity contribution < 1.29 is 4.43 Å². The molecule has 2 aromatic rings. The molecule has 0 amide bonds. The maximum absolute atomic E-state index is 6.11. The van der Waals surface area contributed by atoms with Gasteiger partial charge in [-0.25, -0.2) is 4.98 Å². The summed E-state index contributed by atoms with van der Waals surface area (Å²) in [5.41, 5.74) is 2.87. The monoisotopic (exact) mass is 287 g/mol. The summed E-state index contributed by atoms with van der Waals surface area (Å²) in [6.45, 7) is 8.56. The van der Waals surface area contributed by atoms with Crippen molar-refractivity contribution in [3.05, 3.63) is 42.0 Å². The second-order valence-electron chi connectivity index (χ2n) is 5.91. The quantitative estimate of drug-likeness (QED) is 0.635. The molecular formula is C15H21N3OSi. The van der Waals surface area contributed by atoms with Gasteiger partial charge >= 0.3 is 0 Å². The van der Waals surface area contributed by atoms with Crippen molar-refractivity contribution in [2.45, 2.75) is 26.6 Å². The number of hydrogen-bond donors (Lipinski definition) is 0. The highest BCUT2D eigenvalue weighted by atomic mass is 28.4. The van der Waals surface area contributed by atoms with Gasteiger partial charge in [0.2, 0.25) is 8.32 Å². The molecule has 5 heteroatoms. The molecule has 0 radical (unpaired) electrons. The lowest BCUT2D eigenvalue weighted by molar-refractivity contribution is 0.558. The molecule has 0 unspecified atom stereocenters. The van der Waals surface area contributed by atoms with Gasteiger partial charge in [0.25, 0.3) is 0 Å². The Morgan fingerprint density at radius 1 is 1.30 bits per heavy atom. The molecule has 20 heavy (non-hydrogen) atoms. The lowest BCUT2D eigenvalue weighted by atomic mass is 10.2. The van der Waals surface area contributed by atoms with Crippen LogP contribution in [0.4, 0.5) is 5.69 Å². The third kappa shape index (κ3) is 4.06. The number of aryl methyl sites for hydroxylation is 2. The Morgan fingerprint density at radius 3 is 2.65 bits per heavy atom. The molecule has 0 spiro atoms. The van der Waals surface area contributed by atoms with Gasteiger partial charge in [-0.2, -0.15) is 0 Å². The van der Waals surface area contributed by atoms with E-state index in [1.54, 1.807) is 12.5 Å². The molecule has 1 aromatic heterocycles. The number of nitrogens with zero attached hydrogens (tertiary/aromatic N) is 3. The number of benzene rings is 1. The van der Waals surface area contributed by atoms with Crippen LogP contribution in [-0.4, -0.2) is 24.1 Å². The van der Waals surface area contributed by atoms with Gasteiger partial charge in [0.05, 0.1) is 18.2 Å². The molecule has 0 aliphatic carbocycles. The van der Waals surface area contributed by atoms with Crippen molar-refractivity contribution in [1.82, 2.24) is 9.55 Å². The van der Waals surface area contributed by atoms with E-state index >= 15 is 0 Å². The maximum Gasteiger partial charge on any atom is 0.242 e. The van der Waals surface area contributed by atoms with Gasteiger partial charge < -0.3 is 8.99 Å². The zero-order valence-corrected chi connectivity index (χ0v) is 13.7. The number of hydrogen-bond acceptors (Lipinski definition) is 3. The maximum atomic E-state index is 6.11. The Morgan fingerprint density at radius 2 is 2.05 bits per heavy atom. The van der Waals surface area contributed by atoms with E-state index in [0.29, 0.717) is 0 Å². The fraction of sp³-hybridized carbons (Fsp3) is 0.333. The largest absolute Gasteiger partial charge is 0.543 e. The number of rotatable bonds is 4. The highest BCUT2D eigenvalue weighted by molar-refractivity contribution is 6.70. The third-order valence-electron chi connectivity index (χ3n) is 2.59. The van der Waals surface area contributed by atoms with Crippen LogP contribution in [0.1, 0.15) is 11.3 Å². The van der Waals surface area contributed by atoms with Crippen molar-refractivity contribution in [3.8, 4) is 5.75 Å². The highest BCUT2D eigenvalue weighted by Crippen LogP contribution is 2.30. The molecule has 0 aliphatic heterocycles. The van der Waals surface area contributed by atoms with E-state index in [0.717, 1.165) is 17.1 Å². The molecule has 1 heterocycles. The van der Waals surface area contributed by atoms with E-state index < -0.39 is 8.32 Å². The van der Waals surface area contributed by atoms with Gasteiger partial charge in [-0.1, -0.05) is 6.07 Å². The Kier molecular flexibility index (Phi) is 4.08. The number of aliphatic imine (C=N–C) groups is 1. The molecule has 0 bridgehead atoms.